The number of carbonyl (C=O) groups is 1. The van der Waals surface area contributed by atoms with Crippen LogP contribution in [-0.2, 0) is 11.2 Å². The highest BCUT2D eigenvalue weighted by Crippen LogP contribution is 2.18. The lowest BCUT2D eigenvalue weighted by molar-refractivity contribution is -0.121. The van der Waals surface area contributed by atoms with Gasteiger partial charge in [-0.05, 0) is 25.0 Å². The highest BCUT2D eigenvalue weighted by Gasteiger charge is 2.08. The molecular weight excluding hydrogens is 216 g/mol. The Balaban J connectivity index is 2.47. The Kier molecular flexibility index (Phi) is 5.49. The van der Waals surface area contributed by atoms with Gasteiger partial charge in [0.05, 0.1) is 7.11 Å². The van der Waals surface area contributed by atoms with Crippen LogP contribution in [0.1, 0.15) is 18.9 Å². The molecule has 0 heterocycles. The van der Waals surface area contributed by atoms with E-state index in [0.717, 1.165) is 11.3 Å². The van der Waals surface area contributed by atoms with E-state index in [-0.39, 0.29) is 11.9 Å². The van der Waals surface area contributed by atoms with Crippen LogP contribution in [0.15, 0.2) is 24.3 Å². The number of nitrogens with one attached hydrogen (secondary N) is 1. The van der Waals surface area contributed by atoms with Crippen LogP contribution < -0.4 is 15.8 Å². The second-order valence-corrected chi connectivity index (χ2v) is 4.02. The molecule has 0 radical (unpaired) electrons. The molecule has 1 rings (SSSR count). The molecule has 0 spiro atoms. The molecule has 3 N–H and O–H groups in total. The van der Waals surface area contributed by atoms with Crippen molar-refractivity contribution in [3.63, 3.8) is 0 Å². The monoisotopic (exact) mass is 236 g/mol. The van der Waals surface area contributed by atoms with Gasteiger partial charge in [0.2, 0.25) is 5.91 Å². The van der Waals surface area contributed by atoms with Gasteiger partial charge in [-0.2, -0.15) is 0 Å². The maximum absolute atomic E-state index is 11.6. The summed E-state index contributed by atoms with van der Waals surface area (Å²) in [5.74, 6) is 0.848. The summed E-state index contributed by atoms with van der Waals surface area (Å²) in [5.41, 5.74) is 6.49. The number of amides is 1. The molecule has 0 fully saturated rings. The third-order valence-electron chi connectivity index (χ3n) is 2.57. The van der Waals surface area contributed by atoms with E-state index in [9.17, 15) is 4.79 Å². The van der Waals surface area contributed by atoms with E-state index in [0.29, 0.717) is 19.4 Å². The second-order valence-electron chi connectivity index (χ2n) is 4.02. The predicted molar refractivity (Wildman–Crippen MR) is 68.0 cm³/mol. The number of benzene rings is 1. The SMILES string of the molecule is COc1ccccc1CCC(=O)N[C@@H](C)CN. The van der Waals surface area contributed by atoms with Crippen LogP contribution in [0.25, 0.3) is 0 Å². The summed E-state index contributed by atoms with van der Waals surface area (Å²) in [7, 11) is 1.63. The van der Waals surface area contributed by atoms with Crippen LogP contribution in [-0.4, -0.2) is 25.6 Å². The number of aryl methyl sites for hydroxylation is 1. The molecule has 0 aromatic heterocycles. The Morgan fingerprint density at radius 1 is 1.47 bits per heavy atom. The van der Waals surface area contributed by atoms with Crippen molar-refractivity contribution in [1.82, 2.24) is 5.32 Å². The van der Waals surface area contributed by atoms with Crippen LogP contribution in [0, 0.1) is 0 Å². The summed E-state index contributed by atoms with van der Waals surface area (Å²) in [4.78, 5) is 11.6. The quantitative estimate of drug-likeness (QED) is 0.777. The van der Waals surface area contributed by atoms with Gasteiger partial charge in [-0.3, -0.25) is 4.79 Å². The molecule has 0 saturated carbocycles. The third-order valence-corrected chi connectivity index (χ3v) is 2.57. The average molecular weight is 236 g/mol. The number of ether oxygens (including phenoxy) is 1. The Morgan fingerprint density at radius 3 is 2.82 bits per heavy atom. The Labute approximate surface area is 102 Å². The van der Waals surface area contributed by atoms with Crippen molar-refractivity contribution in [2.45, 2.75) is 25.8 Å². The van der Waals surface area contributed by atoms with Crippen LogP contribution in [0.3, 0.4) is 0 Å². The van der Waals surface area contributed by atoms with Gasteiger partial charge in [0.15, 0.2) is 0 Å². The Morgan fingerprint density at radius 2 is 2.18 bits per heavy atom. The molecule has 1 aromatic rings. The molecule has 0 aliphatic heterocycles. The number of rotatable bonds is 6. The number of nitrogens with two attached hydrogens (primary N) is 1. The topological polar surface area (TPSA) is 64.3 Å². The first kappa shape index (κ1) is 13.5. The van der Waals surface area contributed by atoms with E-state index in [1.807, 2.05) is 31.2 Å². The van der Waals surface area contributed by atoms with Crippen molar-refractivity contribution in [2.24, 2.45) is 5.73 Å². The maximum Gasteiger partial charge on any atom is 0.220 e. The largest absolute Gasteiger partial charge is 0.496 e. The van der Waals surface area contributed by atoms with Crippen molar-refractivity contribution < 1.29 is 9.53 Å². The van der Waals surface area contributed by atoms with Gasteiger partial charge < -0.3 is 15.8 Å². The van der Waals surface area contributed by atoms with Gasteiger partial charge in [0.1, 0.15) is 5.75 Å². The lowest BCUT2D eigenvalue weighted by atomic mass is 10.1. The summed E-state index contributed by atoms with van der Waals surface area (Å²) >= 11 is 0. The van der Waals surface area contributed by atoms with Crippen molar-refractivity contribution in [3.8, 4) is 5.75 Å². The minimum absolute atomic E-state index is 0.0221. The van der Waals surface area contributed by atoms with Crippen LogP contribution in [0.5, 0.6) is 5.75 Å². The molecule has 17 heavy (non-hydrogen) atoms. The van der Waals surface area contributed by atoms with E-state index >= 15 is 0 Å². The number of para-hydroxylation sites is 1. The predicted octanol–water partition coefficient (Wildman–Crippen LogP) is 1.09. The zero-order valence-corrected chi connectivity index (χ0v) is 10.4. The minimum atomic E-state index is 0.0221. The summed E-state index contributed by atoms with van der Waals surface area (Å²) in [5, 5.41) is 2.83. The van der Waals surface area contributed by atoms with Gasteiger partial charge >= 0.3 is 0 Å². The molecule has 1 amide bonds. The highest BCUT2D eigenvalue weighted by atomic mass is 16.5. The molecule has 4 nitrogen and oxygen atoms in total. The summed E-state index contributed by atoms with van der Waals surface area (Å²) in [6.45, 7) is 2.35. The average Bonchev–Trinajstić information content (AvgIpc) is 2.36. The fraction of sp³-hybridized carbons (Fsp3) is 0.462. The zero-order valence-electron chi connectivity index (χ0n) is 10.4. The number of hydrogen-bond donors (Lipinski definition) is 2. The van der Waals surface area contributed by atoms with Crippen LogP contribution in [0.2, 0.25) is 0 Å². The Hall–Kier alpha value is -1.55. The summed E-state index contributed by atoms with van der Waals surface area (Å²) in [6, 6.07) is 7.76. The van der Waals surface area contributed by atoms with E-state index in [2.05, 4.69) is 5.32 Å². The van der Waals surface area contributed by atoms with Gasteiger partial charge in [0, 0.05) is 19.0 Å². The minimum Gasteiger partial charge on any atom is -0.496 e. The standard InChI is InChI=1S/C13H20N2O2/c1-10(9-14)15-13(16)8-7-11-5-3-4-6-12(11)17-2/h3-6,10H,7-9,14H2,1-2H3,(H,15,16)/t10-/m0/s1. The molecule has 0 aliphatic carbocycles. The Bertz CT molecular complexity index is 366. The molecule has 0 unspecified atom stereocenters. The van der Waals surface area contributed by atoms with E-state index in [1.165, 1.54) is 0 Å². The highest BCUT2D eigenvalue weighted by molar-refractivity contribution is 5.76. The van der Waals surface area contributed by atoms with Crippen LogP contribution >= 0.6 is 0 Å². The first-order valence-electron chi connectivity index (χ1n) is 5.78. The van der Waals surface area contributed by atoms with Crippen molar-refractivity contribution >= 4 is 5.91 Å². The summed E-state index contributed by atoms with van der Waals surface area (Å²) in [6.07, 6.45) is 1.12. The fourth-order valence-electron chi connectivity index (χ4n) is 1.56. The molecule has 0 bridgehead atoms. The molecule has 4 heteroatoms. The number of hydrogen-bond acceptors (Lipinski definition) is 3. The maximum atomic E-state index is 11.6. The van der Waals surface area contributed by atoms with Crippen LogP contribution in [0.4, 0.5) is 0 Å². The van der Waals surface area contributed by atoms with E-state index in [4.69, 9.17) is 10.5 Å². The molecule has 0 aliphatic rings. The van der Waals surface area contributed by atoms with Crippen molar-refractivity contribution in [2.75, 3.05) is 13.7 Å². The molecular formula is C13H20N2O2. The lowest BCUT2D eigenvalue weighted by Crippen LogP contribution is -2.37. The fourth-order valence-corrected chi connectivity index (χ4v) is 1.56. The second kappa shape index (κ2) is 6.91. The van der Waals surface area contributed by atoms with E-state index < -0.39 is 0 Å². The molecule has 1 aromatic carbocycles. The van der Waals surface area contributed by atoms with Gasteiger partial charge in [-0.1, -0.05) is 18.2 Å². The van der Waals surface area contributed by atoms with E-state index in [1.54, 1.807) is 7.11 Å². The molecule has 0 saturated heterocycles. The normalized spacial score (nSPS) is 11.9. The molecule has 1 atom stereocenters. The number of carbonyl (C=O) groups excluding carboxylic acids is 1. The van der Waals surface area contributed by atoms with Gasteiger partial charge in [-0.25, -0.2) is 0 Å². The molecule has 94 valence electrons. The number of methoxy groups -OCH3 is 1. The third kappa shape index (κ3) is 4.44. The zero-order chi connectivity index (χ0) is 12.7. The van der Waals surface area contributed by atoms with Gasteiger partial charge in [-0.15, -0.1) is 0 Å². The first-order chi connectivity index (χ1) is 8.17. The first-order valence-corrected chi connectivity index (χ1v) is 5.78. The van der Waals surface area contributed by atoms with Crippen molar-refractivity contribution in [3.05, 3.63) is 29.8 Å². The lowest BCUT2D eigenvalue weighted by Gasteiger charge is -2.12. The summed E-state index contributed by atoms with van der Waals surface area (Å²) < 4.78 is 5.23. The van der Waals surface area contributed by atoms with Gasteiger partial charge in [0.25, 0.3) is 0 Å². The smallest absolute Gasteiger partial charge is 0.220 e. The van der Waals surface area contributed by atoms with Crippen molar-refractivity contribution in [1.29, 1.82) is 0 Å².